The Labute approximate surface area is 210 Å². The van der Waals surface area contributed by atoms with Crippen molar-refractivity contribution in [1.82, 2.24) is 9.91 Å². The van der Waals surface area contributed by atoms with Gasteiger partial charge in [-0.3, -0.25) is 9.59 Å². The first-order valence-corrected chi connectivity index (χ1v) is 12.1. The predicted octanol–water partition coefficient (Wildman–Crippen LogP) is 3.80. The Bertz CT molecular complexity index is 1130. The Balaban J connectivity index is 1.68. The molecule has 2 amide bonds. The lowest BCUT2D eigenvalue weighted by Crippen LogP contribution is -2.46. The number of carbonyl (C=O) groups excluding carboxylic acids is 2. The van der Waals surface area contributed by atoms with Gasteiger partial charge in [-0.1, -0.05) is 24.6 Å². The average Bonchev–Trinajstić information content (AvgIpc) is 3.30. The van der Waals surface area contributed by atoms with E-state index < -0.39 is 11.9 Å². The summed E-state index contributed by atoms with van der Waals surface area (Å²) < 4.78 is 30.8. The van der Waals surface area contributed by atoms with Gasteiger partial charge in [-0.2, -0.15) is 5.10 Å². The van der Waals surface area contributed by atoms with E-state index in [2.05, 4.69) is 5.10 Å². The van der Waals surface area contributed by atoms with Crippen LogP contribution in [0.1, 0.15) is 42.9 Å². The number of ether oxygens (including phenoxy) is 3. The molecule has 0 bridgehead atoms. The summed E-state index contributed by atoms with van der Waals surface area (Å²) >= 11 is 0. The highest BCUT2D eigenvalue weighted by Gasteiger charge is 2.38. The third-order valence-electron chi connectivity index (χ3n) is 6.80. The van der Waals surface area contributed by atoms with Crippen LogP contribution in [0.4, 0.5) is 4.39 Å². The van der Waals surface area contributed by atoms with E-state index >= 15 is 0 Å². The molecular formula is C27H32FN3O5. The van der Waals surface area contributed by atoms with Crippen LogP contribution in [0.15, 0.2) is 47.6 Å². The molecule has 1 aliphatic carbocycles. The van der Waals surface area contributed by atoms with Crippen LogP contribution in [0.2, 0.25) is 0 Å². The van der Waals surface area contributed by atoms with Gasteiger partial charge < -0.3 is 19.1 Å². The second kappa shape index (κ2) is 11.5. The molecule has 1 fully saturated rings. The zero-order valence-electron chi connectivity index (χ0n) is 20.9. The maximum Gasteiger partial charge on any atom is 0.262 e. The highest BCUT2D eigenvalue weighted by Crippen LogP contribution is 2.39. The minimum absolute atomic E-state index is 0.0420. The molecule has 2 aromatic rings. The number of halogens is 1. The molecule has 2 aromatic carbocycles. The van der Waals surface area contributed by atoms with Crippen LogP contribution >= 0.6 is 0 Å². The quantitative estimate of drug-likeness (QED) is 0.499. The van der Waals surface area contributed by atoms with E-state index in [1.165, 1.54) is 11.1 Å². The summed E-state index contributed by atoms with van der Waals surface area (Å²) in [7, 11) is 4.67. The summed E-state index contributed by atoms with van der Waals surface area (Å²) in [6.45, 7) is 0.487. The van der Waals surface area contributed by atoms with Crippen molar-refractivity contribution >= 4 is 17.5 Å². The summed E-state index contributed by atoms with van der Waals surface area (Å²) in [6.07, 6.45) is 2.96. The van der Waals surface area contributed by atoms with Crippen LogP contribution in [0, 0.1) is 11.7 Å². The molecule has 0 spiro atoms. The predicted molar refractivity (Wildman–Crippen MR) is 132 cm³/mol. The molecule has 0 N–H and O–H groups in total. The number of methoxy groups -OCH3 is 3. The van der Waals surface area contributed by atoms with Crippen molar-refractivity contribution in [1.29, 1.82) is 0 Å². The van der Waals surface area contributed by atoms with Crippen molar-refractivity contribution in [3.05, 3.63) is 59.4 Å². The first-order valence-electron chi connectivity index (χ1n) is 12.1. The van der Waals surface area contributed by atoms with Gasteiger partial charge in [-0.05, 0) is 37.1 Å². The van der Waals surface area contributed by atoms with Crippen LogP contribution in [0.5, 0.6) is 11.5 Å². The molecule has 1 atom stereocenters. The van der Waals surface area contributed by atoms with Gasteiger partial charge in [0.25, 0.3) is 5.91 Å². The highest BCUT2D eigenvalue weighted by molar-refractivity contribution is 6.03. The van der Waals surface area contributed by atoms with Gasteiger partial charge in [0.15, 0.2) is 0 Å². The van der Waals surface area contributed by atoms with Gasteiger partial charge in [-0.15, -0.1) is 0 Å². The van der Waals surface area contributed by atoms with Crippen LogP contribution in [-0.2, 0) is 14.3 Å². The number of hydrogen-bond donors (Lipinski definition) is 0. The van der Waals surface area contributed by atoms with Crippen LogP contribution < -0.4 is 9.47 Å². The van der Waals surface area contributed by atoms with E-state index in [0.29, 0.717) is 41.5 Å². The Morgan fingerprint density at radius 2 is 1.89 bits per heavy atom. The fourth-order valence-corrected chi connectivity index (χ4v) is 4.56. The molecule has 8 nitrogen and oxygen atoms in total. The van der Waals surface area contributed by atoms with Gasteiger partial charge in [0, 0.05) is 37.1 Å². The summed E-state index contributed by atoms with van der Waals surface area (Å²) in [5.74, 6) is 0.285. The monoisotopic (exact) mass is 497 g/mol. The molecule has 0 radical (unpaired) electrons. The first kappa shape index (κ1) is 25.6. The van der Waals surface area contributed by atoms with Crippen molar-refractivity contribution < 1.29 is 28.2 Å². The summed E-state index contributed by atoms with van der Waals surface area (Å²) in [6, 6.07) is 11.1. The standard InChI is InChI=1S/C27H32FN3O5/c1-34-14-13-30(27(33)18-7-6-8-18)17-26(32)31-24(21-15-19(35-2)11-12-25(21)36-3)16-23(29-31)20-9-4-5-10-22(20)28/h4-5,9-12,15,18,24H,6-8,13-14,16-17H2,1-3H3/t24-/m0/s1. The van der Waals surface area contributed by atoms with Crippen molar-refractivity contribution in [2.75, 3.05) is 41.0 Å². The van der Waals surface area contributed by atoms with Gasteiger partial charge in [0.05, 0.1) is 32.6 Å². The number of nitrogens with zero attached hydrogens (tertiary/aromatic N) is 3. The zero-order valence-corrected chi connectivity index (χ0v) is 20.9. The Morgan fingerprint density at radius 3 is 2.53 bits per heavy atom. The Hall–Kier alpha value is -3.46. The first-order chi connectivity index (χ1) is 17.5. The second-order valence-electron chi connectivity index (χ2n) is 8.97. The molecule has 9 heteroatoms. The highest BCUT2D eigenvalue weighted by atomic mass is 19.1. The van der Waals surface area contributed by atoms with Crippen LogP contribution in [-0.4, -0.2) is 68.5 Å². The van der Waals surface area contributed by atoms with Crippen LogP contribution in [0.3, 0.4) is 0 Å². The van der Waals surface area contributed by atoms with E-state index in [1.54, 1.807) is 62.6 Å². The average molecular weight is 498 g/mol. The minimum Gasteiger partial charge on any atom is -0.497 e. The molecule has 1 saturated carbocycles. The lowest BCUT2D eigenvalue weighted by atomic mass is 9.84. The van der Waals surface area contributed by atoms with E-state index in [0.717, 1.165) is 19.3 Å². The molecule has 192 valence electrons. The molecule has 4 rings (SSSR count). The van der Waals surface area contributed by atoms with Crippen molar-refractivity contribution in [2.24, 2.45) is 11.0 Å². The smallest absolute Gasteiger partial charge is 0.262 e. The molecule has 2 aliphatic rings. The third-order valence-corrected chi connectivity index (χ3v) is 6.80. The summed E-state index contributed by atoms with van der Waals surface area (Å²) in [4.78, 5) is 28.2. The Kier molecular flexibility index (Phi) is 8.20. The molecule has 1 heterocycles. The largest absolute Gasteiger partial charge is 0.497 e. The minimum atomic E-state index is -0.555. The van der Waals surface area contributed by atoms with Gasteiger partial charge >= 0.3 is 0 Å². The lowest BCUT2D eigenvalue weighted by molar-refractivity contribution is -0.146. The Morgan fingerprint density at radius 1 is 1.11 bits per heavy atom. The number of benzene rings is 2. The van der Waals surface area contributed by atoms with Crippen LogP contribution in [0.25, 0.3) is 0 Å². The maximum absolute atomic E-state index is 14.7. The zero-order chi connectivity index (χ0) is 25.7. The number of hydrogen-bond acceptors (Lipinski definition) is 6. The molecule has 0 unspecified atom stereocenters. The van der Waals surface area contributed by atoms with Crippen molar-refractivity contribution in [3.63, 3.8) is 0 Å². The normalized spacial score (nSPS) is 17.4. The fourth-order valence-electron chi connectivity index (χ4n) is 4.56. The number of hydrazone groups is 1. The van der Waals surface area contributed by atoms with E-state index in [-0.39, 0.29) is 30.7 Å². The summed E-state index contributed by atoms with van der Waals surface area (Å²) in [5.41, 5.74) is 1.47. The number of rotatable bonds is 10. The summed E-state index contributed by atoms with van der Waals surface area (Å²) in [5, 5.41) is 5.93. The van der Waals surface area contributed by atoms with E-state index in [1.807, 2.05) is 0 Å². The number of carbonyl (C=O) groups is 2. The molecule has 0 aromatic heterocycles. The second-order valence-corrected chi connectivity index (χ2v) is 8.97. The van der Waals surface area contributed by atoms with E-state index in [9.17, 15) is 14.0 Å². The van der Waals surface area contributed by atoms with Crippen molar-refractivity contribution in [3.8, 4) is 11.5 Å². The van der Waals surface area contributed by atoms with Gasteiger partial charge in [0.2, 0.25) is 5.91 Å². The molecule has 1 aliphatic heterocycles. The SMILES string of the molecule is COCCN(CC(=O)N1N=C(c2ccccc2F)C[C@H]1c1cc(OC)ccc1OC)C(=O)C1CCC1. The number of amides is 2. The van der Waals surface area contributed by atoms with Gasteiger partial charge in [-0.25, -0.2) is 9.40 Å². The molecule has 36 heavy (non-hydrogen) atoms. The third kappa shape index (κ3) is 5.36. The van der Waals surface area contributed by atoms with Gasteiger partial charge in [0.1, 0.15) is 23.9 Å². The lowest BCUT2D eigenvalue weighted by Gasteiger charge is -2.32. The molecular weight excluding hydrogens is 465 g/mol. The van der Waals surface area contributed by atoms with E-state index in [4.69, 9.17) is 14.2 Å². The van der Waals surface area contributed by atoms with Crippen molar-refractivity contribution in [2.45, 2.75) is 31.7 Å². The molecule has 0 saturated heterocycles. The fraction of sp³-hybridized carbons (Fsp3) is 0.444. The maximum atomic E-state index is 14.7. The topological polar surface area (TPSA) is 80.7 Å².